The van der Waals surface area contributed by atoms with E-state index in [1.807, 2.05) is 0 Å². The largest absolute Gasteiger partial charge is 0.480 e. The molecule has 1 amide bonds. The molecular formula is C15H17F2NO3. The zero-order chi connectivity index (χ0) is 15.4. The first-order valence-electron chi connectivity index (χ1n) is 6.95. The second kappa shape index (κ2) is 6.65. The Balaban J connectivity index is 1.98. The number of rotatable bonds is 4. The number of halogens is 2. The van der Waals surface area contributed by atoms with Gasteiger partial charge in [0.25, 0.3) is 0 Å². The highest BCUT2D eigenvalue weighted by Crippen LogP contribution is 2.19. The molecule has 1 aromatic rings. The third kappa shape index (κ3) is 3.77. The van der Waals surface area contributed by atoms with E-state index in [2.05, 4.69) is 0 Å². The second-order valence-corrected chi connectivity index (χ2v) is 5.17. The lowest BCUT2D eigenvalue weighted by Crippen LogP contribution is -2.48. The first-order valence-corrected chi connectivity index (χ1v) is 6.95. The molecule has 4 nitrogen and oxygen atoms in total. The number of hydrogen-bond acceptors (Lipinski definition) is 2. The maximum Gasteiger partial charge on any atom is 0.326 e. The molecule has 114 valence electrons. The monoisotopic (exact) mass is 297 g/mol. The lowest BCUT2D eigenvalue weighted by molar-refractivity contribution is -0.152. The van der Waals surface area contributed by atoms with Gasteiger partial charge in [-0.15, -0.1) is 0 Å². The summed E-state index contributed by atoms with van der Waals surface area (Å²) in [5.41, 5.74) is 0.258. The van der Waals surface area contributed by atoms with Gasteiger partial charge in [0.1, 0.15) is 17.7 Å². The highest BCUT2D eigenvalue weighted by Gasteiger charge is 2.31. The number of carboxylic acids is 1. The molecule has 0 spiro atoms. The predicted octanol–water partition coefficient (Wildman–Crippen LogP) is 2.36. The minimum atomic E-state index is -1.00. The first kappa shape index (κ1) is 15.4. The van der Waals surface area contributed by atoms with Gasteiger partial charge in [-0.3, -0.25) is 4.79 Å². The Bertz CT molecular complexity index is 548. The van der Waals surface area contributed by atoms with E-state index in [4.69, 9.17) is 5.11 Å². The summed E-state index contributed by atoms with van der Waals surface area (Å²) in [5.74, 6) is -2.65. The number of piperidine rings is 1. The minimum absolute atomic E-state index is 0.0202. The number of benzene rings is 1. The number of aliphatic carboxylic acids is 1. The summed E-state index contributed by atoms with van der Waals surface area (Å²) in [6.45, 7) is 0.418. The van der Waals surface area contributed by atoms with Crippen molar-refractivity contribution in [3.8, 4) is 0 Å². The van der Waals surface area contributed by atoms with E-state index < -0.39 is 23.6 Å². The summed E-state index contributed by atoms with van der Waals surface area (Å²) in [6, 6.07) is 2.44. The van der Waals surface area contributed by atoms with Crippen LogP contribution in [0.4, 0.5) is 8.78 Å². The first-order chi connectivity index (χ1) is 9.99. The Morgan fingerprint density at radius 3 is 2.71 bits per heavy atom. The molecule has 21 heavy (non-hydrogen) atoms. The number of hydrogen-bond donors (Lipinski definition) is 1. The van der Waals surface area contributed by atoms with E-state index in [-0.39, 0.29) is 24.3 Å². The third-order valence-electron chi connectivity index (χ3n) is 3.73. The number of amides is 1. The molecule has 0 bridgehead atoms. The van der Waals surface area contributed by atoms with Crippen LogP contribution < -0.4 is 0 Å². The lowest BCUT2D eigenvalue weighted by atomic mass is 10.0. The van der Waals surface area contributed by atoms with Crippen molar-refractivity contribution in [2.75, 3.05) is 6.54 Å². The van der Waals surface area contributed by atoms with Crippen molar-refractivity contribution < 1.29 is 23.5 Å². The van der Waals surface area contributed by atoms with Crippen LogP contribution in [-0.2, 0) is 16.0 Å². The number of nitrogens with zero attached hydrogens (tertiary/aromatic N) is 1. The van der Waals surface area contributed by atoms with Crippen LogP contribution in [0, 0.1) is 11.6 Å². The zero-order valence-electron chi connectivity index (χ0n) is 11.5. The van der Waals surface area contributed by atoms with E-state index in [9.17, 15) is 18.4 Å². The van der Waals surface area contributed by atoms with Crippen LogP contribution in [0.15, 0.2) is 18.2 Å². The van der Waals surface area contributed by atoms with E-state index in [1.54, 1.807) is 0 Å². The zero-order valence-corrected chi connectivity index (χ0v) is 11.5. The molecule has 0 aromatic heterocycles. The van der Waals surface area contributed by atoms with E-state index >= 15 is 0 Å². The summed E-state index contributed by atoms with van der Waals surface area (Å²) in [7, 11) is 0. The Morgan fingerprint density at radius 2 is 2.05 bits per heavy atom. The summed E-state index contributed by atoms with van der Waals surface area (Å²) >= 11 is 0. The average Bonchev–Trinajstić information content (AvgIpc) is 2.46. The van der Waals surface area contributed by atoms with Crippen LogP contribution in [0.5, 0.6) is 0 Å². The lowest BCUT2D eigenvalue weighted by Gasteiger charge is -2.33. The molecule has 2 rings (SSSR count). The molecule has 0 aliphatic carbocycles. The van der Waals surface area contributed by atoms with Crippen LogP contribution in [0.2, 0.25) is 0 Å². The van der Waals surface area contributed by atoms with Gasteiger partial charge >= 0.3 is 5.97 Å². The molecule has 0 saturated carbocycles. The molecule has 1 unspecified atom stereocenters. The van der Waals surface area contributed by atoms with Crippen LogP contribution in [0.25, 0.3) is 0 Å². The second-order valence-electron chi connectivity index (χ2n) is 5.17. The minimum Gasteiger partial charge on any atom is -0.480 e. The topological polar surface area (TPSA) is 57.6 Å². The van der Waals surface area contributed by atoms with Gasteiger partial charge in [0.15, 0.2) is 0 Å². The van der Waals surface area contributed by atoms with Gasteiger partial charge in [-0.2, -0.15) is 0 Å². The van der Waals surface area contributed by atoms with Crippen LogP contribution >= 0.6 is 0 Å². The average molecular weight is 297 g/mol. The van der Waals surface area contributed by atoms with Gasteiger partial charge in [-0.1, -0.05) is 6.07 Å². The molecule has 0 radical (unpaired) electrons. The summed E-state index contributed by atoms with van der Waals surface area (Å²) in [5, 5.41) is 9.12. The molecule has 1 fully saturated rings. The van der Waals surface area contributed by atoms with Crippen molar-refractivity contribution in [3.05, 3.63) is 35.4 Å². The molecular weight excluding hydrogens is 280 g/mol. The fraction of sp³-hybridized carbons (Fsp3) is 0.467. The van der Waals surface area contributed by atoms with Gasteiger partial charge in [-0.05, 0) is 37.3 Å². The highest BCUT2D eigenvalue weighted by atomic mass is 19.1. The van der Waals surface area contributed by atoms with Gasteiger partial charge in [-0.25, -0.2) is 13.6 Å². The van der Waals surface area contributed by atoms with Crippen LogP contribution in [-0.4, -0.2) is 34.5 Å². The number of carbonyl (C=O) groups excluding carboxylic acids is 1. The number of carboxylic acid groups (broad SMARTS) is 1. The Labute approximate surface area is 121 Å². The Morgan fingerprint density at radius 1 is 1.29 bits per heavy atom. The van der Waals surface area contributed by atoms with Gasteiger partial charge in [0, 0.05) is 19.0 Å². The summed E-state index contributed by atoms with van der Waals surface area (Å²) < 4.78 is 26.3. The predicted molar refractivity (Wildman–Crippen MR) is 71.7 cm³/mol. The Kier molecular flexibility index (Phi) is 4.88. The van der Waals surface area contributed by atoms with Gasteiger partial charge < -0.3 is 10.0 Å². The standard InChI is InChI=1S/C15H17F2NO3/c16-11-6-4-10(12(17)9-11)5-7-14(19)18-8-2-1-3-13(18)15(20)21/h4,6,9,13H,1-3,5,7-8H2,(H,20,21). The van der Waals surface area contributed by atoms with Crippen LogP contribution in [0.3, 0.4) is 0 Å². The van der Waals surface area contributed by atoms with Crippen molar-refractivity contribution in [1.29, 1.82) is 0 Å². The van der Waals surface area contributed by atoms with Crippen LogP contribution in [0.1, 0.15) is 31.2 Å². The maximum absolute atomic E-state index is 13.5. The van der Waals surface area contributed by atoms with Gasteiger partial charge in [0.05, 0.1) is 0 Å². The number of aryl methyl sites for hydroxylation is 1. The molecule has 1 aromatic carbocycles. The molecule has 1 atom stereocenters. The van der Waals surface area contributed by atoms with Crippen molar-refractivity contribution >= 4 is 11.9 Å². The Hall–Kier alpha value is -1.98. The molecule has 6 heteroatoms. The van der Waals surface area contributed by atoms with Crippen molar-refractivity contribution in [2.45, 2.75) is 38.1 Å². The van der Waals surface area contributed by atoms with E-state index in [0.717, 1.165) is 25.0 Å². The van der Waals surface area contributed by atoms with Crippen molar-refractivity contribution in [1.82, 2.24) is 4.90 Å². The quantitative estimate of drug-likeness (QED) is 0.928. The fourth-order valence-corrected chi connectivity index (χ4v) is 2.60. The number of carbonyl (C=O) groups is 2. The normalized spacial score (nSPS) is 18.6. The molecule has 1 aliphatic heterocycles. The van der Waals surface area contributed by atoms with Crippen molar-refractivity contribution in [2.24, 2.45) is 0 Å². The van der Waals surface area contributed by atoms with Gasteiger partial charge in [0.2, 0.25) is 5.91 Å². The SMILES string of the molecule is O=C(O)C1CCCCN1C(=O)CCc1ccc(F)cc1F. The number of likely N-dealkylation sites (tertiary alicyclic amines) is 1. The fourth-order valence-electron chi connectivity index (χ4n) is 2.60. The van der Waals surface area contributed by atoms with E-state index in [1.165, 1.54) is 11.0 Å². The highest BCUT2D eigenvalue weighted by molar-refractivity contribution is 5.84. The summed E-state index contributed by atoms with van der Waals surface area (Å²) in [4.78, 5) is 24.6. The smallest absolute Gasteiger partial charge is 0.326 e. The van der Waals surface area contributed by atoms with E-state index in [0.29, 0.717) is 13.0 Å². The maximum atomic E-state index is 13.5. The van der Waals surface area contributed by atoms with Crippen molar-refractivity contribution in [3.63, 3.8) is 0 Å². The third-order valence-corrected chi connectivity index (χ3v) is 3.73. The molecule has 1 saturated heterocycles. The summed E-state index contributed by atoms with van der Waals surface area (Å²) in [6.07, 6.45) is 2.17. The molecule has 1 aliphatic rings. The molecule has 1 N–H and O–H groups in total. The molecule has 1 heterocycles.